The van der Waals surface area contributed by atoms with Gasteiger partial charge in [0.15, 0.2) is 0 Å². The third kappa shape index (κ3) is 2.39. The van der Waals surface area contributed by atoms with Crippen LogP contribution in [0.1, 0.15) is 10.9 Å². The molecule has 1 saturated heterocycles. The largest absolute Gasteiger partial charge is 0.480 e. The lowest BCUT2D eigenvalue weighted by Crippen LogP contribution is -2.33. The standard InChI is InChI=1S/C10H9BrFNO2S/c11-7-3-5(12)1-2-6(7)9-13-8(4-16-9)10(14)15/h1-3,8-9,13H,4H2,(H,14,15)/t8-,9?/m0/s1. The van der Waals surface area contributed by atoms with Crippen molar-refractivity contribution in [1.82, 2.24) is 5.32 Å². The van der Waals surface area contributed by atoms with E-state index >= 15 is 0 Å². The van der Waals surface area contributed by atoms with E-state index in [0.717, 1.165) is 5.56 Å². The molecule has 0 spiro atoms. The molecule has 1 aromatic carbocycles. The molecule has 1 heterocycles. The highest BCUT2D eigenvalue weighted by Gasteiger charge is 2.31. The van der Waals surface area contributed by atoms with E-state index in [-0.39, 0.29) is 11.2 Å². The molecule has 0 aliphatic carbocycles. The minimum absolute atomic E-state index is 0.101. The van der Waals surface area contributed by atoms with Crippen molar-refractivity contribution in [2.45, 2.75) is 11.4 Å². The first-order chi connectivity index (χ1) is 7.58. The molecule has 1 aromatic rings. The maximum Gasteiger partial charge on any atom is 0.321 e. The van der Waals surface area contributed by atoms with E-state index in [9.17, 15) is 9.18 Å². The molecule has 6 heteroatoms. The Bertz CT molecular complexity index is 429. The van der Waals surface area contributed by atoms with Crippen LogP contribution in [0.5, 0.6) is 0 Å². The predicted molar refractivity (Wildman–Crippen MR) is 63.9 cm³/mol. The van der Waals surface area contributed by atoms with Gasteiger partial charge >= 0.3 is 5.97 Å². The first kappa shape index (κ1) is 11.9. The van der Waals surface area contributed by atoms with Crippen LogP contribution < -0.4 is 5.32 Å². The Morgan fingerprint density at radius 1 is 1.62 bits per heavy atom. The smallest absolute Gasteiger partial charge is 0.321 e. The molecule has 16 heavy (non-hydrogen) atoms. The molecule has 1 aliphatic heterocycles. The number of carboxylic acid groups (broad SMARTS) is 1. The molecular weight excluding hydrogens is 297 g/mol. The number of carboxylic acids is 1. The second-order valence-electron chi connectivity index (χ2n) is 3.44. The highest BCUT2D eigenvalue weighted by molar-refractivity contribution is 9.10. The van der Waals surface area contributed by atoms with Crippen LogP contribution in [0.15, 0.2) is 22.7 Å². The molecule has 2 N–H and O–H groups in total. The van der Waals surface area contributed by atoms with E-state index < -0.39 is 12.0 Å². The Hall–Kier alpha value is -0.590. The van der Waals surface area contributed by atoms with Gasteiger partial charge in [-0.25, -0.2) is 4.39 Å². The number of benzene rings is 1. The van der Waals surface area contributed by atoms with Gasteiger partial charge in [0, 0.05) is 10.2 Å². The van der Waals surface area contributed by atoms with Crippen molar-refractivity contribution in [2.24, 2.45) is 0 Å². The van der Waals surface area contributed by atoms with Gasteiger partial charge in [-0.2, -0.15) is 0 Å². The van der Waals surface area contributed by atoms with E-state index in [4.69, 9.17) is 5.11 Å². The van der Waals surface area contributed by atoms with Gasteiger partial charge in [0.2, 0.25) is 0 Å². The lowest BCUT2D eigenvalue weighted by molar-refractivity contribution is -0.138. The summed E-state index contributed by atoms with van der Waals surface area (Å²) in [5, 5.41) is 11.7. The fourth-order valence-electron chi connectivity index (χ4n) is 1.51. The molecule has 2 atom stereocenters. The maximum absolute atomic E-state index is 12.9. The van der Waals surface area contributed by atoms with Gasteiger partial charge in [0.1, 0.15) is 11.9 Å². The molecular formula is C10H9BrFNO2S. The van der Waals surface area contributed by atoms with Gasteiger partial charge in [0.25, 0.3) is 0 Å². The molecule has 1 unspecified atom stereocenters. The fourth-order valence-corrected chi connectivity index (χ4v) is 3.51. The summed E-state index contributed by atoms with van der Waals surface area (Å²) < 4.78 is 13.5. The highest BCUT2D eigenvalue weighted by Crippen LogP contribution is 2.36. The number of rotatable bonds is 2. The Kier molecular flexibility index (Phi) is 3.51. The fraction of sp³-hybridized carbons (Fsp3) is 0.300. The summed E-state index contributed by atoms with van der Waals surface area (Å²) in [4.78, 5) is 10.8. The molecule has 0 saturated carbocycles. The molecule has 1 aliphatic rings. The molecule has 0 aromatic heterocycles. The van der Waals surface area contributed by atoms with Gasteiger partial charge in [-0.05, 0) is 17.7 Å². The molecule has 0 radical (unpaired) electrons. The minimum Gasteiger partial charge on any atom is -0.480 e. The van der Waals surface area contributed by atoms with Crippen LogP contribution in [-0.4, -0.2) is 22.9 Å². The average molecular weight is 306 g/mol. The second-order valence-corrected chi connectivity index (χ2v) is 5.43. The van der Waals surface area contributed by atoms with Gasteiger partial charge in [-0.3, -0.25) is 10.1 Å². The maximum atomic E-state index is 12.9. The quantitative estimate of drug-likeness (QED) is 0.881. The van der Waals surface area contributed by atoms with Crippen molar-refractivity contribution < 1.29 is 14.3 Å². The summed E-state index contributed by atoms with van der Waals surface area (Å²) in [6, 6.07) is 3.88. The van der Waals surface area contributed by atoms with Gasteiger partial charge < -0.3 is 5.11 Å². The van der Waals surface area contributed by atoms with Crippen molar-refractivity contribution in [3.63, 3.8) is 0 Å². The van der Waals surface area contributed by atoms with E-state index in [2.05, 4.69) is 21.2 Å². The number of hydrogen-bond acceptors (Lipinski definition) is 3. The van der Waals surface area contributed by atoms with Crippen molar-refractivity contribution >= 4 is 33.7 Å². The lowest BCUT2D eigenvalue weighted by Gasteiger charge is -2.13. The summed E-state index contributed by atoms with van der Waals surface area (Å²) in [5.74, 6) is -0.647. The van der Waals surface area contributed by atoms with Crippen LogP contribution in [0.2, 0.25) is 0 Å². The highest BCUT2D eigenvalue weighted by atomic mass is 79.9. The summed E-state index contributed by atoms with van der Waals surface area (Å²) in [5.41, 5.74) is 0.871. The summed E-state index contributed by atoms with van der Waals surface area (Å²) in [6.45, 7) is 0. The van der Waals surface area contributed by atoms with Crippen LogP contribution in [0, 0.1) is 5.82 Å². The number of halogens is 2. The predicted octanol–water partition coefficient (Wildman–Crippen LogP) is 2.38. The van der Waals surface area contributed by atoms with E-state index in [0.29, 0.717) is 10.2 Å². The van der Waals surface area contributed by atoms with Gasteiger partial charge in [0.05, 0.1) is 5.37 Å². The molecule has 86 valence electrons. The zero-order valence-corrected chi connectivity index (χ0v) is 10.5. The monoisotopic (exact) mass is 305 g/mol. The lowest BCUT2D eigenvalue weighted by atomic mass is 10.2. The molecule has 1 fully saturated rings. The van der Waals surface area contributed by atoms with Crippen LogP contribution >= 0.6 is 27.7 Å². The Morgan fingerprint density at radius 2 is 2.38 bits per heavy atom. The van der Waals surface area contributed by atoms with E-state index in [1.165, 1.54) is 23.9 Å². The number of carbonyl (C=O) groups is 1. The SMILES string of the molecule is O=C(O)[C@@H]1CSC(c2ccc(F)cc2Br)N1. The zero-order valence-electron chi connectivity index (χ0n) is 8.11. The third-order valence-corrected chi connectivity index (χ3v) is 4.26. The first-order valence-electron chi connectivity index (χ1n) is 4.63. The minimum atomic E-state index is -0.853. The van der Waals surface area contributed by atoms with Crippen molar-refractivity contribution in [3.05, 3.63) is 34.1 Å². The average Bonchev–Trinajstić information content (AvgIpc) is 2.66. The van der Waals surface area contributed by atoms with Crippen molar-refractivity contribution in [2.75, 3.05) is 5.75 Å². The summed E-state index contributed by atoms with van der Waals surface area (Å²) in [6.07, 6.45) is 0. The third-order valence-electron chi connectivity index (χ3n) is 2.33. The van der Waals surface area contributed by atoms with Crippen LogP contribution in [0.4, 0.5) is 4.39 Å². The topological polar surface area (TPSA) is 49.3 Å². The number of hydrogen-bond donors (Lipinski definition) is 2. The van der Waals surface area contributed by atoms with Crippen LogP contribution in [0.25, 0.3) is 0 Å². The van der Waals surface area contributed by atoms with E-state index in [1.807, 2.05) is 0 Å². The van der Waals surface area contributed by atoms with Gasteiger partial charge in [-0.1, -0.05) is 22.0 Å². The molecule has 3 nitrogen and oxygen atoms in total. The second kappa shape index (κ2) is 4.73. The number of nitrogens with one attached hydrogen (secondary N) is 1. The summed E-state index contributed by atoms with van der Waals surface area (Å²) >= 11 is 4.78. The van der Waals surface area contributed by atoms with Crippen molar-refractivity contribution in [3.8, 4) is 0 Å². The van der Waals surface area contributed by atoms with Gasteiger partial charge in [-0.15, -0.1) is 11.8 Å². The summed E-state index contributed by atoms with van der Waals surface area (Å²) in [7, 11) is 0. The number of thioether (sulfide) groups is 1. The zero-order chi connectivity index (χ0) is 11.7. The normalized spacial score (nSPS) is 24.6. The van der Waals surface area contributed by atoms with Crippen LogP contribution in [0.3, 0.4) is 0 Å². The van der Waals surface area contributed by atoms with Crippen molar-refractivity contribution in [1.29, 1.82) is 0 Å². The molecule has 0 bridgehead atoms. The first-order valence-corrected chi connectivity index (χ1v) is 6.47. The van der Waals surface area contributed by atoms with E-state index in [1.54, 1.807) is 6.07 Å². The molecule has 0 amide bonds. The Labute approximate surface area is 105 Å². The van der Waals surface area contributed by atoms with Crippen LogP contribution in [-0.2, 0) is 4.79 Å². The molecule has 2 rings (SSSR count). The Morgan fingerprint density at radius 3 is 2.94 bits per heavy atom. The number of aliphatic carboxylic acids is 1. The Balaban J connectivity index is 2.17.